The van der Waals surface area contributed by atoms with E-state index in [4.69, 9.17) is 0 Å². The summed E-state index contributed by atoms with van der Waals surface area (Å²) in [6, 6.07) is 4.97. The maximum absolute atomic E-state index is 13.5. The zero-order chi connectivity index (χ0) is 18.0. The first-order valence-electron chi connectivity index (χ1n) is 9.15. The highest BCUT2D eigenvalue weighted by Crippen LogP contribution is 2.22. The first-order valence-corrected chi connectivity index (χ1v) is 9.15. The fraction of sp³-hybridized carbons (Fsp3) is 0.579. The van der Waals surface area contributed by atoms with E-state index in [1.807, 2.05) is 13.8 Å². The lowest BCUT2D eigenvalue weighted by Gasteiger charge is -2.31. The van der Waals surface area contributed by atoms with Gasteiger partial charge in [0.25, 0.3) is 0 Å². The van der Waals surface area contributed by atoms with Gasteiger partial charge < -0.3 is 9.88 Å². The Morgan fingerprint density at radius 3 is 2.72 bits per heavy atom. The molecule has 2 heterocycles. The van der Waals surface area contributed by atoms with Crippen molar-refractivity contribution < 1.29 is 9.18 Å². The average molecular weight is 346 g/mol. The zero-order valence-corrected chi connectivity index (χ0v) is 15.3. The quantitative estimate of drug-likeness (QED) is 0.906. The number of hydrogen-bond acceptors (Lipinski definition) is 3. The number of halogens is 1. The summed E-state index contributed by atoms with van der Waals surface area (Å²) in [4.78, 5) is 19.1. The molecule has 1 N–H and O–H groups in total. The van der Waals surface area contributed by atoms with Crippen LogP contribution in [0.25, 0.3) is 11.0 Å². The van der Waals surface area contributed by atoms with Gasteiger partial charge in [0.2, 0.25) is 5.91 Å². The third-order valence-electron chi connectivity index (χ3n) is 4.86. The summed E-state index contributed by atoms with van der Waals surface area (Å²) in [5, 5.41) is 3.01. The maximum Gasteiger partial charge on any atom is 0.223 e. The number of rotatable bonds is 5. The van der Waals surface area contributed by atoms with Crippen LogP contribution in [-0.2, 0) is 17.9 Å². The Balaban J connectivity index is 1.66. The van der Waals surface area contributed by atoms with Gasteiger partial charge in [0.15, 0.2) is 0 Å². The van der Waals surface area contributed by atoms with E-state index in [1.54, 1.807) is 6.07 Å². The predicted molar refractivity (Wildman–Crippen MR) is 96.6 cm³/mol. The van der Waals surface area contributed by atoms with Gasteiger partial charge in [0, 0.05) is 24.6 Å². The molecule has 136 valence electrons. The molecule has 3 rings (SSSR count). The summed E-state index contributed by atoms with van der Waals surface area (Å²) >= 11 is 0. The van der Waals surface area contributed by atoms with Crippen LogP contribution in [0.15, 0.2) is 18.2 Å². The van der Waals surface area contributed by atoms with Gasteiger partial charge in [-0.2, -0.15) is 0 Å². The van der Waals surface area contributed by atoms with Gasteiger partial charge in [-0.3, -0.25) is 9.69 Å². The van der Waals surface area contributed by atoms with Crippen molar-refractivity contribution in [3.63, 3.8) is 0 Å². The van der Waals surface area contributed by atoms with E-state index >= 15 is 0 Å². The van der Waals surface area contributed by atoms with E-state index in [1.165, 1.54) is 12.1 Å². The number of fused-ring (bicyclic) bond motifs is 1. The van der Waals surface area contributed by atoms with Gasteiger partial charge in [-0.05, 0) is 58.8 Å². The molecule has 0 bridgehead atoms. The Morgan fingerprint density at radius 1 is 1.36 bits per heavy atom. The van der Waals surface area contributed by atoms with Crippen molar-refractivity contribution >= 4 is 16.9 Å². The Morgan fingerprint density at radius 2 is 2.08 bits per heavy atom. The highest BCUT2D eigenvalue weighted by molar-refractivity contribution is 5.79. The number of imidazole rings is 1. The van der Waals surface area contributed by atoms with Crippen molar-refractivity contribution in [2.45, 2.75) is 52.7 Å². The van der Waals surface area contributed by atoms with Crippen molar-refractivity contribution in [1.29, 1.82) is 0 Å². The number of amides is 1. The topological polar surface area (TPSA) is 50.2 Å². The van der Waals surface area contributed by atoms with Crippen molar-refractivity contribution in [1.82, 2.24) is 19.8 Å². The van der Waals surface area contributed by atoms with Gasteiger partial charge in [-0.15, -0.1) is 0 Å². The number of nitrogens with one attached hydrogen (secondary N) is 1. The van der Waals surface area contributed by atoms with Crippen molar-refractivity contribution in [2.24, 2.45) is 5.92 Å². The molecule has 1 aliphatic rings. The molecule has 1 aromatic heterocycles. The number of carbonyl (C=O) groups is 1. The fourth-order valence-corrected chi connectivity index (χ4v) is 3.58. The third kappa shape index (κ3) is 4.00. The van der Waals surface area contributed by atoms with Crippen molar-refractivity contribution in [3.05, 3.63) is 29.8 Å². The minimum Gasteiger partial charge on any atom is -0.354 e. The summed E-state index contributed by atoms with van der Waals surface area (Å²) in [6.07, 6.45) is 1.75. The molecule has 0 aliphatic carbocycles. The van der Waals surface area contributed by atoms with Crippen LogP contribution < -0.4 is 5.32 Å². The van der Waals surface area contributed by atoms with Crippen molar-refractivity contribution in [2.75, 3.05) is 13.1 Å². The molecule has 1 aliphatic heterocycles. The van der Waals surface area contributed by atoms with Crippen molar-refractivity contribution in [3.8, 4) is 0 Å². The average Bonchev–Trinajstić information content (AvgIpc) is 2.90. The molecule has 1 amide bonds. The third-order valence-corrected chi connectivity index (χ3v) is 4.86. The van der Waals surface area contributed by atoms with Gasteiger partial charge in [-0.1, -0.05) is 0 Å². The van der Waals surface area contributed by atoms with Crippen LogP contribution in [0, 0.1) is 11.7 Å². The molecule has 0 atom stereocenters. The molecule has 0 radical (unpaired) electrons. The Bertz CT molecular complexity index is 747. The minimum absolute atomic E-state index is 0.109. The number of benzene rings is 1. The molecule has 25 heavy (non-hydrogen) atoms. The monoisotopic (exact) mass is 346 g/mol. The van der Waals surface area contributed by atoms with Gasteiger partial charge in [0.1, 0.15) is 11.6 Å². The van der Waals surface area contributed by atoms with Crippen LogP contribution >= 0.6 is 0 Å². The van der Waals surface area contributed by atoms with Crippen LogP contribution in [0.4, 0.5) is 4.39 Å². The highest BCUT2D eigenvalue weighted by Gasteiger charge is 2.26. The molecule has 1 fully saturated rings. The Labute approximate surface area is 148 Å². The lowest BCUT2D eigenvalue weighted by molar-refractivity contribution is -0.127. The second-order valence-electron chi connectivity index (χ2n) is 7.12. The van der Waals surface area contributed by atoms with E-state index in [9.17, 15) is 9.18 Å². The van der Waals surface area contributed by atoms with Crippen LogP contribution in [0.5, 0.6) is 0 Å². The SMILES string of the molecule is CCn1c(CN2CCC(C(=O)NC(C)C)CC2)nc2cc(F)ccc21. The smallest absolute Gasteiger partial charge is 0.223 e. The van der Waals surface area contributed by atoms with E-state index < -0.39 is 0 Å². The molecule has 0 spiro atoms. The summed E-state index contributed by atoms with van der Waals surface area (Å²) in [5.74, 6) is 0.994. The lowest BCUT2D eigenvalue weighted by Crippen LogP contribution is -2.42. The largest absolute Gasteiger partial charge is 0.354 e. The number of hydrogen-bond donors (Lipinski definition) is 1. The number of nitrogens with zero attached hydrogens (tertiary/aromatic N) is 3. The molecule has 5 nitrogen and oxygen atoms in total. The normalized spacial score (nSPS) is 16.7. The molecule has 0 saturated carbocycles. The van der Waals surface area contributed by atoms with E-state index in [-0.39, 0.29) is 23.7 Å². The molecule has 0 unspecified atom stereocenters. The Hall–Kier alpha value is -1.95. The molecular formula is C19H27FN4O. The number of piperidine rings is 1. The van der Waals surface area contributed by atoms with Crippen LogP contribution in [0.2, 0.25) is 0 Å². The van der Waals surface area contributed by atoms with Gasteiger partial charge >= 0.3 is 0 Å². The molecular weight excluding hydrogens is 319 g/mol. The first kappa shape index (κ1) is 17.9. The fourth-order valence-electron chi connectivity index (χ4n) is 3.58. The summed E-state index contributed by atoms with van der Waals surface area (Å²) in [6.45, 7) is 9.38. The van der Waals surface area contributed by atoms with Crippen LogP contribution in [0.1, 0.15) is 39.4 Å². The van der Waals surface area contributed by atoms with Crippen LogP contribution in [-0.4, -0.2) is 39.5 Å². The van der Waals surface area contributed by atoms with Gasteiger partial charge in [0.05, 0.1) is 17.6 Å². The second kappa shape index (κ2) is 7.52. The number of carbonyl (C=O) groups excluding carboxylic acids is 1. The maximum atomic E-state index is 13.5. The van der Waals surface area contributed by atoms with E-state index in [0.717, 1.165) is 50.4 Å². The predicted octanol–water partition coefficient (Wildman–Crippen LogP) is 2.93. The Kier molecular flexibility index (Phi) is 5.37. The second-order valence-corrected chi connectivity index (χ2v) is 7.12. The highest BCUT2D eigenvalue weighted by atomic mass is 19.1. The minimum atomic E-state index is -0.253. The first-order chi connectivity index (χ1) is 12.0. The number of likely N-dealkylation sites (tertiary alicyclic amines) is 1. The van der Waals surface area contributed by atoms with E-state index in [2.05, 4.69) is 26.7 Å². The molecule has 6 heteroatoms. The van der Waals surface area contributed by atoms with Gasteiger partial charge in [-0.25, -0.2) is 9.37 Å². The molecule has 1 saturated heterocycles. The van der Waals surface area contributed by atoms with Crippen LogP contribution in [0.3, 0.4) is 0 Å². The van der Waals surface area contributed by atoms with E-state index in [0.29, 0.717) is 5.52 Å². The summed E-state index contributed by atoms with van der Waals surface area (Å²) in [7, 11) is 0. The summed E-state index contributed by atoms with van der Waals surface area (Å²) < 4.78 is 15.6. The summed E-state index contributed by atoms with van der Waals surface area (Å²) in [5.41, 5.74) is 1.69. The zero-order valence-electron chi connectivity index (χ0n) is 15.3. The lowest BCUT2D eigenvalue weighted by atomic mass is 9.95. The number of aromatic nitrogens is 2. The molecule has 2 aromatic rings. The number of aryl methyl sites for hydroxylation is 1. The standard InChI is InChI=1S/C19H27FN4O/c1-4-24-17-6-5-15(20)11-16(17)22-18(24)12-23-9-7-14(8-10-23)19(25)21-13(2)3/h5-6,11,13-14H,4,7-10,12H2,1-3H3,(H,21,25). The molecule has 1 aromatic carbocycles.